The SMILES string of the molecule is CCCCn1nc(C)c(/C=C/C(N)=O)c1C. The molecule has 0 aliphatic carbocycles. The fourth-order valence-corrected chi connectivity index (χ4v) is 1.64. The van der Waals surface area contributed by atoms with Gasteiger partial charge in [-0.3, -0.25) is 9.48 Å². The van der Waals surface area contributed by atoms with Crippen LogP contribution >= 0.6 is 0 Å². The van der Waals surface area contributed by atoms with Crippen molar-refractivity contribution in [1.29, 1.82) is 0 Å². The van der Waals surface area contributed by atoms with Gasteiger partial charge in [0.05, 0.1) is 5.69 Å². The lowest BCUT2D eigenvalue weighted by Crippen LogP contribution is -2.05. The molecule has 0 bridgehead atoms. The molecule has 0 aliphatic heterocycles. The van der Waals surface area contributed by atoms with Gasteiger partial charge in [0, 0.05) is 23.9 Å². The highest BCUT2D eigenvalue weighted by Crippen LogP contribution is 2.15. The van der Waals surface area contributed by atoms with Crippen LogP contribution < -0.4 is 5.73 Å². The standard InChI is InChI=1S/C12H19N3O/c1-4-5-8-15-10(3)11(9(2)14-15)6-7-12(13)16/h6-7H,4-5,8H2,1-3H3,(H2,13,16)/b7-6+. The van der Waals surface area contributed by atoms with E-state index >= 15 is 0 Å². The lowest BCUT2D eigenvalue weighted by molar-refractivity contribution is -0.113. The number of aromatic nitrogens is 2. The highest BCUT2D eigenvalue weighted by atomic mass is 16.1. The average molecular weight is 221 g/mol. The van der Waals surface area contributed by atoms with E-state index in [1.807, 2.05) is 18.5 Å². The number of hydrogen-bond acceptors (Lipinski definition) is 2. The third-order valence-corrected chi connectivity index (χ3v) is 2.58. The zero-order chi connectivity index (χ0) is 12.1. The first-order valence-corrected chi connectivity index (χ1v) is 5.57. The molecule has 0 saturated carbocycles. The molecule has 0 radical (unpaired) electrons. The molecule has 1 aromatic heterocycles. The Balaban J connectivity index is 2.93. The van der Waals surface area contributed by atoms with Crippen molar-refractivity contribution in [3.63, 3.8) is 0 Å². The van der Waals surface area contributed by atoms with E-state index in [1.165, 1.54) is 6.08 Å². The second-order valence-electron chi connectivity index (χ2n) is 3.90. The first-order chi connectivity index (χ1) is 7.56. The monoisotopic (exact) mass is 221 g/mol. The van der Waals surface area contributed by atoms with Crippen molar-refractivity contribution < 1.29 is 4.79 Å². The number of nitrogens with zero attached hydrogens (tertiary/aromatic N) is 2. The van der Waals surface area contributed by atoms with Gasteiger partial charge in [-0.05, 0) is 26.3 Å². The van der Waals surface area contributed by atoms with Crippen molar-refractivity contribution in [3.8, 4) is 0 Å². The normalized spacial score (nSPS) is 11.2. The van der Waals surface area contributed by atoms with Gasteiger partial charge in [-0.1, -0.05) is 13.3 Å². The summed E-state index contributed by atoms with van der Waals surface area (Å²) in [6.07, 6.45) is 5.37. The summed E-state index contributed by atoms with van der Waals surface area (Å²) in [5.41, 5.74) is 8.09. The maximum absolute atomic E-state index is 10.7. The quantitative estimate of drug-likeness (QED) is 0.771. The first-order valence-electron chi connectivity index (χ1n) is 5.57. The molecule has 0 unspecified atom stereocenters. The van der Waals surface area contributed by atoms with Crippen molar-refractivity contribution in [2.45, 2.75) is 40.2 Å². The predicted octanol–water partition coefficient (Wildman–Crippen LogP) is 1.80. The third-order valence-electron chi connectivity index (χ3n) is 2.58. The summed E-state index contributed by atoms with van der Waals surface area (Å²) in [5, 5.41) is 4.44. The van der Waals surface area contributed by atoms with Crippen molar-refractivity contribution in [2.75, 3.05) is 0 Å². The van der Waals surface area contributed by atoms with Gasteiger partial charge < -0.3 is 5.73 Å². The molecule has 16 heavy (non-hydrogen) atoms. The molecule has 0 aromatic carbocycles. The first kappa shape index (κ1) is 12.5. The number of unbranched alkanes of at least 4 members (excludes halogenated alkanes) is 1. The second kappa shape index (κ2) is 5.49. The van der Waals surface area contributed by atoms with E-state index in [4.69, 9.17) is 5.73 Å². The minimum absolute atomic E-state index is 0.430. The van der Waals surface area contributed by atoms with Crippen LogP contribution in [0.4, 0.5) is 0 Å². The van der Waals surface area contributed by atoms with Gasteiger partial charge in [0.1, 0.15) is 0 Å². The van der Waals surface area contributed by atoms with E-state index in [2.05, 4.69) is 12.0 Å². The van der Waals surface area contributed by atoms with Crippen LogP contribution in [0.1, 0.15) is 36.7 Å². The van der Waals surface area contributed by atoms with Gasteiger partial charge in [0.15, 0.2) is 0 Å². The molecule has 4 heteroatoms. The van der Waals surface area contributed by atoms with Crippen molar-refractivity contribution in [2.24, 2.45) is 5.73 Å². The number of nitrogens with two attached hydrogens (primary N) is 1. The number of aryl methyl sites for hydroxylation is 2. The van der Waals surface area contributed by atoms with Crippen molar-refractivity contribution >= 4 is 12.0 Å². The van der Waals surface area contributed by atoms with Crippen LogP contribution in [0.3, 0.4) is 0 Å². The van der Waals surface area contributed by atoms with Crippen LogP contribution in [0.15, 0.2) is 6.08 Å². The van der Waals surface area contributed by atoms with Crippen LogP contribution in [-0.4, -0.2) is 15.7 Å². The van der Waals surface area contributed by atoms with E-state index in [-0.39, 0.29) is 0 Å². The summed E-state index contributed by atoms with van der Waals surface area (Å²) in [6.45, 7) is 7.03. The molecule has 1 heterocycles. The molecule has 0 aliphatic rings. The maximum atomic E-state index is 10.7. The van der Waals surface area contributed by atoms with Crippen LogP contribution in [0.5, 0.6) is 0 Å². The van der Waals surface area contributed by atoms with E-state index in [1.54, 1.807) is 6.08 Å². The molecule has 0 spiro atoms. The van der Waals surface area contributed by atoms with Crippen LogP contribution in [0.25, 0.3) is 6.08 Å². The second-order valence-corrected chi connectivity index (χ2v) is 3.90. The number of primary amides is 1. The van der Waals surface area contributed by atoms with Crippen molar-refractivity contribution in [1.82, 2.24) is 9.78 Å². The Morgan fingerprint density at radius 3 is 2.75 bits per heavy atom. The minimum Gasteiger partial charge on any atom is -0.366 e. The van der Waals surface area contributed by atoms with Crippen LogP contribution in [-0.2, 0) is 11.3 Å². The Hall–Kier alpha value is -1.58. The molecular formula is C12H19N3O. The fourth-order valence-electron chi connectivity index (χ4n) is 1.64. The Kier molecular flexibility index (Phi) is 4.28. The van der Waals surface area contributed by atoms with Crippen molar-refractivity contribution in [3.05, 3.63) is 23.0 Å². The highest BCUT2D eigenvalue weighted by Gasteiger charge is 2.08. The largest absolute Gasteiger partial charge is 0.366 e. The average Bonchev–Trinajstić information content (AvgIpc) is 2.48. The summed E-state index contributed by atoms with van der Waals surface area (Å²) in [4.78, 5) is 10.7. The molecule has 4 nitrogen and oxygen atoms in total. The molecule has 0 atom stereocenters. The predicted molar refractivity (Wildman–Crippen MR) is 64.8 cm³/mol. The van der Waals surface area contributed by atoms with E-state index in [0.717, 1.165) is 36.3 Å². The number of carbonyl (C=O) groups is 1. The number of carbonyl (C=O) groups excluding carboxylic acids is 1. The van der Waals surface area contributed by atoms with E-state index < -0.39 is 5.91 Å². The van der Waals surface area contributed by atoms with Crippen LogP contribution in [0.2, 0.25) is 0 Å². The van der Waals surface area contributed by atoms with Gasteiger partial charge in [0.25, 0.3) is 0 Å². The Morgan fingerprint density at radius 2 is 2.19 bits per heavy atom. The highest BCUT2D eigenvalue weighted by molar-refractivity contribution is 5.90. The zero-order valence-electron chi connectivity index (χ0n) is 10.2. The summed E-state index contributed by atoms with van der Waals surface area (Å²) in [7, 11) is 0. The lowest BCUT2D eigenvalue weighted by Gasteiger charge is -2.02. The third kappa shape index (κ3) is 2.95. The van der Waals surface area contributed by atoms with Gasteiger partial charge in [-0.2, -0.15) is 5.10 Å². The smallest absolute Gasteiger partial charge is 0.241 e. The van der Waals surface area contributed by atoms with E-state index in [9.17, 15) is 4.79 Å². The number of rotatable bonds is 5. The zero-order valence-corrected chi connectivity index (χ0v) is 10.2. The number of amides is 1. The summed E-state index contributed by atoms with van der Waals surface area (Å²) < 4.78 is 1.99. The minimum atomic E-state index is -0.430. The van der Waals surface area contributed by atoms with Crippen LogP contribution in [0, 0.1) is 13.8 Å². The van der Waals surface area contributed by atoms with E-state index in [0.29, 0.717) is 0 Å². The molecule has 0 fully saturated rings. The molecule has 0 saturated heterocycles. The number of hydrogen-bond donors (Lipinski definition) is 1. The molecule has 1 aromatic rings. The molecule has 1 amide bonds. The lowest BCUT2D eigenvalue weighted by atomic mass is 10.2. The Morgan fingerprint density at radius 1 is 1.50 bits per heavy atom. The van der Waals surface area contributed by atoms with Gasteiger partial charge in [-0.15, -0.1) is 0 Å². The summed E-state index contributed by atoms with van der Waals surface area (Å²) >= 11 is 0. The maximum Gasteiger partial charge on any atom is 0.241 e. The van der Waals surface area contributed by atoms with Gasteiger partial charge in [-0.25, -0.2) is 0 Å². The Labute approximate surface area is 96.1 Å². The summed E-state index contributed by atoms with van der Waals surface area (Å²) in [6, 6.07) is 0. The molecule has 2 N–H and O–H groups in total. The molecular weight excluding hydrogens is 202 g/mol. The summed E-state index contributed by atoms with van der Waals surface area (Å²) in [5.74, 6) is -0.430. The fraction of sp³-hybridized carbons (Fsp3) is 0.500. The topological polar surface area (TPSA) is 60.9 Å². The molecule has 1 rings (SSSR count). The van der Waals surface area contributed by atoms with Gasteiger partial charge in [0.2, 0.25) is 5.91 Å². The Bertz CT molecular complexity index is 405. The van der Waals surface area contributed by atoms with Gasteiger partial charge >= 0.3 is 0 Å². The molecule has 88 valence electrons.